The molecule has 1 atom stereocenters. The van der Waals surface area contributed by atoms with Gasteiger partial charge in [0.15, 0.2) is 0 Å². The number of hydrogen-bond donors (Lipinski definition) is 1. The largest absolute Gasteiger partial charge is 0.456 e. The van der Waals surface area contributed by atoms with Crippen LogP contribution in [0.2, 0.25) is 15.1 Å². The Hall–Kier alpha value is -2.61. The number of alkyl halides is 3. The molecule has 1 aliphatic heterocycles. The number of benzene rings is 3. The van der Waals surface area contributed by atoms with Gasteiger partial charge in [-0.2, -0.15) is 13.2 Å². The Labute approximate surface area is 189 Å². The SMILES string of the molecule is O=C1OC(Nc2ccc(Cl)c(Cl)c2)c2cc(Oc3ccc(C(F)(F)F)cc3Cl)ccc21. The van der Waals surface area contributed by atoms with Crippen LogP contribution in [0.15, 0.2) is 54.6 Å². The first kappa shape index (κ1) is 21.6. The summed E-state index contributed by atoms with van der Waals surface area (Å²) in [4.78, 5) is 12.2. The lowest BCUT2D eigenvalue weighted by Gasteiger charge is -2.16. The van der Waals surface area contributed by atoms with Crippen LogP contribution < -0.4 is 10.1 Å². The van der Waals surface area contributed by atoms with E-state index in [0.29, 0.717) is 26.9 Å². The van der Waals surface area contributed by atoms with Crippen molar-refractivity contribution in [2.24, 2.45) is 0 Å². The maximum atomic E-state index is 12.8. The first-order valence-electron chi connectivity index (χ1n) is 8.73. The van der Waals surface area contributed by atoms with Gasteiger partial charge in [-0.05, 0) is 54.6 Å². The summed E-state index contributed by atoms with van der Waals surface area (Å²) < 4.78 is 49.4. The number of fused-ring (bicyclic) bond motifs is 1. The van der Waals surface area contributed by atoms with E-state index in [9.17, 15) is 18.0 Å². The van der Waals surface area contributed by atoms with Crippen molar-refractivity contribution in [1.82, 2.24) is 0 Å². The van der Waals surface area contributed by atoms with Crippen molar-refractivity contribution in [1.29, 1.82) is 0 Å². The Morgan fingerprint density at radius 1 is 0.903 bits per heavy atom. The molecule has 4 rings (SSSR count). The second-order valence-corrected chi connectivity index (χ2v) is 7.77. The number of esters is 1. The molecule has 0 bridgehead atoms. The second kappa shape index (κ2) is 8.15. The van der Waals surface area contributed by atoms with Crippen molar-refractivity contribution in [2.75, 3.05) is 5.32 Å². The molecule has 4 nitrogen and oxygen atoms in total. The number of hydrogen-bond acceptors (Lipinski definition) is 4. The van der Waals surface area contributed by atoms with E-state index in [-0.39, 0.29) is 16.5 Å². The van der Waals surface area contributed by atoms with Crippen molar-refractivity contribution < 1.29 is 27.4 Å². The molecule has 1 heterocycles. The molecular formula is C21H11Cl3F3NO3. The lowest BCUT2D eigenvalue weighted by Crippen LogP contribution is -2.10. The first-order valence-corrected chi connectivity index (χ1v) is 9.86. The Kier molecular flexibility index (Phi) is 5.68. The topological polar surface area (TPSA) is 47.6 Å². The van der Waals surface area contributed by atoms with Crippen LogP contribution in [0.1, 0.15) is 27.7 Å². The molecule has 0 saturated heterocycles. The van der Waals surface area contributed by atoms with Crippen molar-refractivity contribution in [3.05, 3.63) is 86.4 Å². The predicted octanol–water partition coefficient (Wildman–Crippen LogP) is 7.74. The third-order valence-corrected chi connectivity index (χ3v) is 5.49. The second-order valence-electron chi connectivity index (χ2n) is 6.55. The molecule has 1 aliphatic rings. The molecule has 10 heteroatoms. The molecule has 0 fully saturated rings. The summed E-state index contributed by atoms with van der Waals surface area (Å²) in [5.41, 5.74) is 0.487. The average molecular weight is 489 g/mol. The summed E-state index contributed by atoms with van der Waals surface area (Å²) in [6.07, 6.45) is -5.34. The van der Waals surface area contributed by atoms with Crippen molar-refractivity contribution >= 4 is 46.5 Å². The van der Waals surface area contributed by atoms with Crippen LogP contribution in [0.5, 0.6) is 11.5 Å². The van der Waals surface area contributed by atoms with Crippen LogP contribution in [0, 0.1) is 0 Å². The van der Waals surface area contributed by atoms with E-state index in [1.165, 1.54) is 12.1 Å². The van der Waals surface area contributed by atoms with Gasteiger partial charge in [0.05, 0.1) is 26.2 Å². The molecular weight excluding hydrogens is 478 g/mol. The molecule has 160 valence electrons. The Morgan fingerprint density at radius 3 is 2.35 bits per heavy atom. The van der Waals surface area contributed by atoms with Gasteiger partial charge in [0.1, 0.15) is 11.5 Å². The number of carbonyl (C=O) groups excluding carboxylic acids is 1. The lowest BCUT2D eigenvalue weighted by molar-refractivity contribution is -0.137. The van der Waals surface area contributed by atoms with Gasteiger partial charge in [-0.15, -0.1) is 0 Å². The van der Waals surface area contributed by atoms with E-state index >= 15 is 0 Å². The number of carbonyl (C=O) groups is 1. The summed E-state index contributed by atoms with van der Waals surface area (Å²) in [6, 6.07) is 12.2. The number of nitrogens with one attached hydrogen (secondary N) is 1. The Bertz CT molecular complexity index is 1180. The molecule has 0 radical (unpaired) electrons. The predicted molar refractivity (Wildman–Crippen MR) is 111 cm³/mol. The van der Waals surface area contributed by atoms with E-state index < -0.39 is 23.9 Å². The van der Waals surface area contributed by atoms with Crippen LogP contribution in [-0.4, -0.2) is 5.97 Å². The standard InChI is InChI=1S/C21H11Cl3F3NO3/c22-15-5-2-11(8-16(15)23)28-19-14-9-12(3-4-13(14)20(29)31-19)30-18-6-1-10(7-17(18)24)21(25,26)27/h1-9,19,28H. The molecule has 0 amide bonds. The molecule has 3 aromatic rings. The van der Waals surface area contributed by atoms with Crippen molar-refractivity contribution in [2.45, 2.75) is 12.4 Å². The number of rotatable bonds is 4. The molecule has 31 heavy (non-hydrogen) atoms. The summed E-state index contributed by atoms with van der Waals surface area (Å²) in [6.45, 7) is 0. The van der Waals surface area contributed by atoms with Crippen molar-refractivity contribution in [3.63, 3.8) is 0 Å². The number of ether oxygens (including phenoxy) is 2. The van der Waals surface area contributed by atoms with Crippen LogP contribution in [0.25, 0.3) is 0 Å². The van der Waals surface area contributed by atoms with Gasteiger partial charge < -0.3 is 14.8 Å². The van der Waals surface area contributed by atoms with Gasteiger partial charge in [0, 0.05) is 11.3 Å². The fourth-order valence-corrected chi connectivity index (χ4v) is 3.49. The summed E-state index contributed by atoms with van der Waals surface area (Å²) in [5.74, 6) is -0.236. The van der Waals surface area contributed by atoms with Crippen LogP contribution >= 0.6 is 34.8 Å². The van der Waals surface area contributed by atoms with Crippen LogP contribution in [-0.2, 0) is 10.9 Å². The summed E-state index contributed by atoms with van der Waals surface area (Å²) in [7, 11) is 0. The van der Waals surface area contributed by atoms with E-state index in [2.05, 4.69) is 5.32 Å². The quantitative estimate of drug-likeness (QED) is 0.382. The third kappa shape index (κ3) is 4.54. The highest BCUT2D eigenvalue weighted by molar-refractivity contribution is 6.42. The first-order chi connectivity index (χ1) is 14.6. The summed E-state index contributed by atoms with van der Waals surface area (Å²) >= 11 is 17.9. The van der Waals surface area contributed by atoms with Gasteiger partial charge in [-0.1, -0.05) is 34.8 Å². The third-order valence-electron chi connectivity index (χ3n) is 4.45. The van der Waals surface area contributed by atoms with Crippen LogP contribution in [0.4, 0.5) is 18.9 Å². The molecule has 0 aromatic heterocycles. The zero-order chi connectivity index (χ0) is 22.3. The Balaban J connectivity index is 1.59. The summed E-state index contributed by atoms with van der Waals surface area (Å²) in [5, 5.41) is 3.53. The van der Waals surface area contributed by atoms with Gasteiger partial charge in [-0.25, -0.2) is 4.79 Å². The van der Waals surface area contributed by atoms with E-state index in [1.54, 1.807) is 24.3 Å². The van der Waals surface area contributed by atoms with Crippen molar-refractivity contribution in [3.8, 4) is 11.5 Å². The zero-order valence-corrected chi connectivity index (χ0v) is 17.5. The zero-order valence-electron chi connectivity index (χ0n) is 15.3. The number of cyclic esters (lactones) is 1. The van der Waals surface area contributed by atoms with Gasteiger partial charge in [0.2, 0.25) is 6.23 Å². The van der Waals surface area contributed by atoms with E-state index in [4.69, 9.17) is 44.3 Å². The minimum atomic E-state index is -4.52. The highest BCUT2D eigenvalue weighted by Crippen LogP contribution is 2.39. The number of halogens is 6. The smallest absolute Gasteiger partial charge is 0.416 e. The molecule has 1 N–H and O–H groups in total. The fourth-order valence-electron chi connectivity index (χ4n) is 2.97. The average Bonchev–Trinajstić information content (AvgIpc) is 3.00. The molecule has 0 aliphatic carbocycles. The highest BCUT2D eigenvalue weighted by atomic mass is 35.5. The maximum Gasteiger partial charge on any atom is 0.416 e. The molecule has 0 spiro atoms. The van der Waals surface area contributed by atoms with Gasteiger partial charge >= 0.3 is 12.1 Å². The fraction of sp³-hybridized carbons (Fsp3) is 0.0952. The maximum absolute atomic E-state index is 12.8. The van der Waals surface area contributed by atoms with Crippen LogP contribution in [0.3, 0.4) is 0 Å². The van der Waals surface area contributed by atoms with E-state index in [0.717, 1.165) is 18.2 Å². The van der Waals surface area contributed by atoms with E-state index in [1.807, 2.05) is 0 Å². The monoisotopic (exact) mass is 487 g/mol. The van der Waals surface area contributed by atoms with Gasteiger partial charge in [-0.3, -0.25) is 0 Å². The molecule has 0 saturated carbocycles. The Morgan fingerprint density at radius 2 is 1.68 bits per heavy atom. The van der Waals surface area contributed by atoms with Gasteiger partial charge in [0.25, 0.3) is 0 Å². The normalized spacial score (nSPS) is 15.4. The lowest BCUT2D eigenvalue weighted by atomic mass is 10.1. The highest BCUT2D eigenvalue weighted by Gasteiger charge is 2.33. The minimum Gasteiger partial charge on any atom is -0.456 e. The molecule has 3 aromatic carbocycles. The number of anilines is 1. The molecule has 1 unspecified atom stereocenters. The minimum absolute atomic E-state index is 0.0360.